The van der Waals surface area contributed by atoms with Gasteiger partial charge in [0.1, 0.15) is 17.1 Å². The van der Waals surface area contributed by atoms with Crippen LogP contribution in [-0.2, 0) is 20.3 Å². The highest BCUT2D eigenvalue weighted by Crippen LogP contribution is 2.56. The molecule has 2 N–H and O–H groups in total. The van der Waals surface area contributed by atoms with Crippen molar-refractivity contribution in [3.63, 3.8) is 0 Å². The van der Waals surface area contributed by atoms with E-state index in [0.717, 1.165) is 25.0 Å². The molecule has 33 heavy (non-hydrogen) atoms. The minimum atomic E-state index is -4.03. The Bertz CT molecular complexity index is 891. The first-order chi connectivity index (χ1) is 15.5. The monoisotopic (exact) mass is 473 g/mol. The zero-order chi connectivity index (χ0) is 24.4. The number of phenolic OH excluding ortho intramolecular Hbond substituents is 1. The number of fused-ring (bicyclic) bond motifs is 3. The third kappa shape index (κ3) is 5.29. The number of halogens is 2. The standard InChI is InChI=1S/C22H29F2NO8/c1-21(2)16-6-5-13(12-26)9-15(16)19-17(27)10-14(11-18(19)33-21)22(23,24)20(28)31-7-3-4-8-32-25(29)30/h10-11,13,15-16,26-27H,3-9,12H2,1-2H3/t13-,15-,16-/m1/s1. The van der Waals surface area contributed by atoms with E-state index in [0.29, 0.717) is 12.0 Å². The van der Waals surface area contributed by atoms with E-state index in [-0.39, 0.29) is 61.9 Å². The first-order valence-corrected chi connectivity index (χ1v) is 11.0. The molecular weight excluding hydrogens is 444 g/mol. The molecule has 9 nitrogen and oxygen atoms in total. The van der Waals surface area contributed by atoms with Gasteiger partial charge in [-0.1, -0.05) is 0 Å². The Morgan fingerprint density at radius 1 is 1.30 bits per heavy atom. The average Bonchev–Trinajstić information content (AvgIpc) is 2.74. The lowest BCUT2D eigenvalue weighted by Crippen LogP contribution is -2.47. The van der Waals surface area contributed by atoms with E-state index in [1.54, 1.807) is 0 Å². The zero-order valence-corrected chi connectivity index (χ0v) is 18.6. The molecule has 1 fully saturated rings. The summed E-state index contributed by atoms with van der Waals surface area (Å²) in [4.78, 5) is 26.2. The minimum absolute atomic E-state index is 0.0146. The second-order valence-electron chi connectivity index (χ2n) is 9.16. The van der Waals surface area contributed by atoms with Gasteiger partial charge in [0.25, 0.3) is 5.09 Å². The molecule has 11 heteroatoms. The third-order valence-electron chi connectivity index (χ3n) is 6.56. The van der Waals surface area contributed by atoms with Crippen molar-refractivity contribution in [3.05, 3.63) is 33.4 Å². The van der Waals surface area contributed by atoms with Gasteiger partial charge in [0.15, 0.2) is 0 Å². The summed E-state index contributed by atoms with van der Waals surface area (Å²) in [7, 11) is 0. The van der Waals surface area contributed by atoms with Gasteiger partial charge in [-0.15, -0.1) is 10.1 Å². The lowest BCUT2D eigenvalue weighted by Gasteiger charge is -2.49. The number of hydrogen-bond donors (Lipinski definition) is 2. The normalized spacial score (nSPS) is 23.6. The van der Waals surface area contributed by atoms with E-state index >= 15 is 0 Å². The molecule has 0 spiro atoms. The summed E-state index contributed by atoms with van der Waals surface area (Å²) in [6.45, 7) is 3.16. The van der Waals surface area contributed by atoms with Gasteiger partial charge in [-0.3, -0.25) is 0 Å². The maximum Gasteiger partial charge on any atom is 0.381 e. The molecular formula is C22H29F2NO8. The van der Waals surface area contributed by atoms with Crippen molar-refractivity contribution >= 4 is 5.97 Å². The molecule has 1 saturated carbocycles. The number of alkyl halides is 2. The molecule has 1 heterocycles. The maximum absolute atomic E-state index is 14.8. The van der Waals surface area contributed by atoms with Crippen LogP contribution in [0, 0.1) is 22.0 Å². The van der Waals surface area contributed by atoms with Crippen molar-refractivity contribution in [3.8, 4) is 11.5 Å². The number of esters is 1. The van der Waals surface area contributed by atoms with Crippen LogP contribution in [0.5, 0.6) is 11.5 Å². The molecule has 0 saturated heterocycles. The Kier molecular flexibility index (Phi) is 7.30. The Labute approximate surface area is 189 Å². The SMILES string of the molecule is CC1(C)Oc2cc(C(F)(F)C(=O)OCCCCO[N+](=O)[O-])cc(O)c2[C@@H]2C[C@H](CO)CC[C@H]21. The van der Waals surface area contributed by atoms with Gasteiger partial charge in [0.05, 0.1) is 13.2 Å². The van der Waals surface area contributed by atoms with Crippen LogP contribution in [0.2, 0.25) is 0 Å². The van der Waals surface area contributed by atoms with E-state index in [9.17, 15) is 33.9 Å². The molecule has 0 amide bonds. The van der Waals surface area contributed by atoms with Gasteiger partial charge in [-0.25, -0.2) is 4.79 Å². The largest absolute Gasteiger partial charge is 0.508 e. The fraction of sp³-hybridized carbons (Fsp3) is 0.682. The molecule has 2 aliphatic rings. The third-order valence-corrected chi connectivity index (χ3v) is 6.56. The van der Waals surface area contributed by atoms with Crippen LogP contribution >= 0.6 is 0 Å². The van der Waals surface area contributed by atoms with Crippen LogP contribution in [-0.4, -0.2) is 46.7 Å². The average molecular weight is 473 g/mol. The first-order valence-electron chi connectivity index (χ1n) is 11.0. The van der Waals surface area contributed by atoms with E-state index in [1.807, 2.05) is 13.8 Å². The van der Waals surface area contributed by atoms with Gasteiger partial charge >= 0.3 is 11.9 Å². The first kappa shape index (κ1) is 24.9. The second kappa shape index (κ2) is 9.66. The van der Waals surface area contributed by atoms with Crippen LogP contribution in [0.25, 0.3) is 0 Å². The zero-order valence-electron chi connectivity index (χ0n) is 18.6. The molecule has 0 unspecified atom stereocenters. The highest BCUT2D eigenvalue weighted by atomic mass is 19.3. The number of aliphatic hydroxyl groups excluding tert-OH is 1. The molecule has 1 aliphatic carbocycles. The number of unbranched alkanes of at least 4 members (excludes halogenated alkanes) is 1. The maximum atomic E-state index is 14.8. The summed E-state index contributed by atoms with van der Waals surface area (Å²) in [6, 6.07) is 1.94. The van der Waals surface area contributed by atoms with Crippen LogP contribution in [0.1, 0.15) is 63.0 Å². The Hall–Kier alpha value is -2.69. The molecule has 0 aromatic heterocycles. The highest BCUT2D eigenvalue weighted by Gasteiger charge is 2.50. The number of rotatable bonds is 9. The minimum Gasteiger partial charge on any atom is -0.508 e. The van der Waals surface area contributed by atoms with Crippen LogP contribution in [0.15, 0.2) is 12.1 Å². The van der Waals surface area contributed by atoms with E-state index in [2.05, 4.69) is 9.57 Å². The summed E-state index contributed by atoms with van der Waals surface area (Å²) in [5.41, 5.74) is -0.995. The number of aromatic hydroxyl groups is 1. The Morgan fingerprint density at radius 2 is 2.00 bits per heavy atom. The fourth-order valence-electron chi connectivity index (χ4n) is 4.90. The second-order valence-corrected chi connectivity index (χ2v) is 9.16. The molecule has 0 radical (unpaired) electrons. The number of carbonyl (C=O) groups excluding carboxylic acids is 1. The predicted octanol–water partition coefficient (Wildman–Crippen LogP) is 3.68. The Morgan fingerprint density at radius 3 is 2.67 bits per heavy atom. The molecule has 184 valence electrons. The van der Waals surface area contributed by atoms with E-state index in [4.69, 9.17) is 4.74 Å². The quantitative estimate of drug-likeness (QED) is 0.241. The number of benzene rings is 1. The van der Waals surface area contributed by atoms with Gasteiger partial charge in [0, 0.05) is 23.7 Å². The summed E-state index contributed by atoms with van der Waals surface area (Å²) < 4.78 is 40.3. The lowest BCUT2D eigenvalue weighted by atomic mass is 9.64. The number of ether oxygens (including phenoxy) is 2. The van der Waals surface area contributed by atoms with E-state index < -0.39 is 28.1 Å². The Balaban J connectivity index is 1.76. The molecule has 3 rings (SSSR count). The van der Waals surface area contributed by atoms with Crippen LogP contribution in [0.3, 0.4) is 0 Å². The number of aliphatic hydroxyl groups is 1. The van der Waals surface area contributed by atoms with Crippen molar-refractivity contribution < 1.29 is 43.2 Å². The summed E-state index contributed by atoms with van der Waals surface area (Å²) >= 11 is 0. The van der Waals surface area contributed by atoms with Crippen molar-refractivity contribution in [2.75, 3.05) is 19.8 Å². The van der Waals surface area contributed by atoms with Crippen LogP contribution < -0.4 is 4.74 Å². The van der Waals surface area contributed by atoms with Crippen molar-refractivity contribution in [1.82, 2.24) is 0 Å². The molecule has 0 bridgehead atoms. The molecule has 1 aromatic carbocycles. The highest BCUT2D eigenvalue weighted by molar-refractivity contribution is 5.80. The van der Waals surface area contributed by atoms with Gasteiger partial charge in [-0.2, -0.15) is 8.78 Å². The van der Waals surface area contributed by atoms with E-state index in [1.165, 1.54) is 0 Å². The van der Waals surface area contributed by atoms with Crippen molar-refractivity contribution in [2.45, 2.75) is 63.4 Å². The van der Waals surface area contributed by atoms with Crippen molar-refractivity contribution in [1.29, 1.82) is 0 Å². The molecule has 1 aliphatic heterocycles. The molecule has 1 aromatic rings. The predicted molar refractivity (Wildman–Crippen MR) is 111 cm³/mol. The number of nitrogens with zero attached hydrogens (tertiary/aromatic N) is 1. The fourth-order valence-corrected chi connectivity index (χ4v) is 4.90. The topological polar surface area (TPSA) is 128 Å². The van der Waals surface area contributed by atoms with Crippen molar-refractivity contribution in [2.24, 2.45) is 11.8 Å². The summed E-state index contributed by atoms with van der Waals surface area (Å²) in [6.07, 6.45) is 2.46. The number of hydrogen-bond acceptors (Lipinski definition) is 8. The van der Waals surface area contributed by atoms with Gasteiger partial charge in [-0.05, 0) is 69.9 Å². The van der Waals surface area contributed by atoms with Gasteiger partial charge in [0.2, 0.25) is 0 Å². The summed E-state index contributed by atoms with van der Waals surface area (Å²) in [5.74, 6) is -6.16. The van der Waals surface area contributed by atoms with Crippen LogP contribution in [0.4, 0.5) is 8.78 Å². The molecule has 3 atom stereocenters. The number of carbonyl (C=O) groups is 1. The number of phenols is 1. The van der Waals surface area contributed by atoms with Gasteiger partial charge < -0.3 is 24.5 Å². The summed E-state index contributed by atoms with van der Waals surface area (Å²) in [5, 5.41) is 29.4. The smallest absolute Gasteiger partial charge is 0.381 e. The lowest BCUT2D eigenvalue weighted by molar-refractivity contribution is -0.757.